The highest BCUT2D eigenvalue weighted by Crippen LogP contribution is 2.19. The van der Waals surface area contributed by atoms with Gasteiger partial charge in [-0.1, -0.05) is 78.9 Å². The first-order chi connectivity index (χ1) is 16.4. The van der Waals surface area contributed by atoms with Crippen LogP contribution in [0.1, 0.15) is 21.5 Å². The molecule has 0 bridgehead atoms. The SMILES string of the molecule is O=C(Cc1cccc2ccccc12)NNC(=O)c1cccc(S(=O)(=O)NCc2ccccc2)c1. The number of fused-ring (bicyclic) bond motifs is 1. The molecule has 0 aromatic heterocycles. The smallest absolute Gasteiger partial charge is 0.269 e. The Morgan fingerprint density at radius 3 is 2.26 bits per heavy atom. The van der Waals surface area contributed by atoms with E-state index >= 15 is 0 Å². The van der Waals surface area contributed by atoms with Gasteiger partial charge in [0, 0.05) is 12.1 Å². The minimum Gasteiger partial charge on any atom is -0.273 e. The first-order valence-corrected chi connectivity index (χ1v) is 12.1. The molecule has 8 heteroatoms. The van der Waals surface area contributed by atoms with Gasteiger partial charge < -0.3 is 0 Å². The highest BCUT2D eigenvalue weighted by molar-refractivity contribution is 7.89. The molecule has 0 fully saturated rings. The van der Waals surface area contributed by atoms with Crippen molar-refractivity contribution in [2.45, 2.75) is 17.9 Å². The van der Waals surface area contributed by atoms with Gasteiger partial charge in [0.05, 0.1) is 11.3 Å². The summed E-state index contributed by atoms with van der Waals surface area (Å²) in [7, 11) is -3.82. The van der Waals surface area contributed by atoms with Crippen molar-refractivity contribution in [1.29, 1.82) is 0 Å². The van der Waals surface area contributed by atoms with E-state index in [0.29, 0.717) is 0 Å². The number of carbonyl (C=O) groups excluding carboxylic acids is 2. The van der Waals surface area contributed by atoms with Crippen LogP contribution in [0.5, 0.6) is 0 Å². The maximum absolute atomic E-state index is 12.6. The van der Waals surface area contributed by atoms with Crippen molar-refractivity contribution < 1.29 is 18.0 Å². The standard InChI is InChI=1S/C26H23N3O4S/c30-25(17-21-12-6-11-20-10-4-5-15-24(20)21)28-29-26(31)22-13-7-14-23(16-22)34(32,33)27-18-19-8-2-1-3-9-19/h1-16,27H,17-18H2,(H,28,30)(H,29,31). The second-order valence-electron chi connectivity index (χ2n) is 7.66. The lowest BCUT2D eigenvalue weighted by atomic mass is 10.0. The van der Waals surface area contributed by atoms with Crippen LogP contribution in [0.2, 0.25) is 0 Å². The van der Waals surface area contributed by atoms with Crippen LogP contribution in [0.15, 0.2) is 102 Å². The number of amides is 2. The summed E-state index contributed by atoms with van der Waals surface area (Å²) in [4.78, 5) is 24.9. The van der Waals surface area contributed by atoms with Crippen LogP contribution in [0.3, 0.4) is 0 Å². The Morgan fingerprint density at radius 2 is 1.44 bits per heavy atom. The van der Waals surface area contributed by atoms with Crippen molar-refractivity contribution in [3.8, 4) is 0 Å². The Morgan fingerprint density at radius 1 is 0.735 bits per heavy atom. The van der Waals surface area contributed by atoms with Gasteiger partial charge in [0.1, 0.15) is 0 Å². The molecule has 3 N–H and O–H groups in total. The molecule has 0 heterocycles. The second-order valence-corrected chi connectivity index (χ2v) is 9.42. The van der Waals surface area contributed by atoms with E-state index < -0.39 is 21.8 Å². The van der Waals surface area contributed by atoms with Gasteiger partial charge in [-0.05, 0) is 40.1 Å². The molecular weight excluding hydrogens is 450 g/mol. The fraction of sp³-hybridized carbons (Fsp3) is 0.0769. The number of sulfonamides is 1. The van der Waals surface area contributed by atoms with Crippen LogP contribution >= 0.6 is 0 Å². The van der Waals surface area contributed by atoms with Gasteiger partial charge in [-0.3, -0.25) is 20.4 Å². The van der Waals surface area contributed by atoms with Gasteiger partial charge in [0.2, 0.25) is 15.9 Å². The van der Waals surface area contributed by atoms with Crippen molar-refractivity contribution in [3.05, 3.63) is 114 Å². The number of rotatable bonds is 7. The molecule has 0 aliphatic heterocycles. The Bertz CT molecular complexity index is 1430. The summed E-state index contributed by atoms with van der Waals surface area (Å²) in [6.07, 6.45) is 0.0828. The zero-order valence-electron chi connectivity index (χ0n) is 18.2. The van der Waals surface area contributed by atoms with Crippen LogP contribution in [-0.2, 0) is 27.8 Å². The predicted octanol–water partition coefficient (Wildman–Crippen LogP) is 3.32. The Hall–Kier alpha value is -4.01. The van der Waals surface area contributed by atoms with Crippen molar-refractivity contribution >= 4 is 32.6 Å². The third-order valence-electron chi connectivity index (χ3n) is 5.26. The topological polar surface area (TPSA) is 104 Å². The number of carbonyl (C=O) groups is 2. The summed E-state index contributed by atoms with van der Waals surface area (Å²) in [5.41, 5.74) is 6.50. The molecule has 0 aliphatic rings. The lowest BCUT2D eigenvalue weighted by molar-refractivity contribution is -0.121. The third-order valence-corrected chi connectivity index (χ3v) is 6.66. The molecule has 0 saturated heterocycles. The number of benzene rings is 4. The summed E-state index contributed by atoms with van der Waals surface area (Å²) >= 11 is 0. The summed E-state index contributed by atoms with van der Waals surface area (Å²) in [6, 6.07) is 28.2. The highest BCUT2D eigenvalue weighted by atomic mass is 32.2. The fourth-order valence-corrected chi connectivity index (χ4v) is 4.59. The summed E-state index contributed by atoms with van der Waals surface area (Å²) in [5.74, 6) is -1.01. The zero-order valence-corrected chi connectivity index (χ0v) is 19.0. The van der Waals surface area contributed by atoms with E-state index in [4.69, 9.17) is 0 Å². The van der Waals surface area contributed by atoms with Crippen molar-refractivity contribution in [1.82, 2.24) is 15.6 Å². The Balaban J connectivity index is 1.37. The molecule has 2 amide bonds. The summed E-state index contributed by atoms with van der Waals surface area (Å²) < 4.78 is 27.8. The third kappa shape index (κ3) is 5.67. The van der Waals surface area contributed by atoms with Gasteiger partial charge in [-0.25, -0.2) is 13.1 Å². The normalized spacial score (nSPS) is 11.2. The first-order valence-electron chi connectivity index (χ1n) is 10.6. The van der Waals surface area contributed by atoms with E-state index in [1.165, 1.54) is 24.3 Å². The minimum absolute atomic E-state index is 0.0434. The lowest BCUT2D eigenvalue weighted by Gasteiger charge is -2.11. The van der Waals surface area contributed by atoms with Crippen molar-refractivity contribution in [2.24, 2.45) is 0 Å². The molecule has 34 heavy (non-hydrogen) atoms. The van der Waals surface area contributed by atoms with Gasteiger partial charge in [-0.2, -0.15) is 0 Å². The largest absolute Gasteiger partial charge is 0.273 e. The molecule has 0 radical (unpaired) electrons. The van der Waals surface area contributed by atoms with Gasteiger partial charge in [0.25, 0.3) is 5.91 Å². The zero-order chi connectivity index (χ0) is 24.0. The number of nitrogens with one attached hydrogen (secondary N) is 3. The molecule has 4 aromatic rings. The quantitative estimate of drug-likeness (QED) is 0.358. The molecule has 0 aliphatic carbocycles. The Kier molecular flexibility index (Phi) is 7.01. The molecule has 0 saturated carbocycles. The maximum Gasteiger partial charge on any atom is 0.269 e. The summed E-state index contributed by atoms with van der Waals surface area (Å²) in [5, 5.41) is 1.99. The number of hydrazine groups is 1. The molecule has 7 nitrogen and oxygen atoms in total. The molecule has 0 atom stereocenters. The minimum atomic E-state index is -3.82. The van der Waals surface area contributed by atoms with E-state index in [2.05, 4.69) is 15.6 Å². The van der Waals surface area contributed by atoms with E-state index in [1.807, 2.05) is 72.8 Å². The monoisotopic (exact) mass is 473 g/mol. The Labute approximate surface area is 197 Å². The van der Waals surface area contributed by atoms with E-state index in [1.54, 1.807) is 0 Å². The van der Waals surface area contributed by atoms with E-state index in [0.717, 1.165) is 21.9 Å². The highest BCUT2D eigenvalue weighted by Gasteiger charge is 2.17. The van der Waals surface area contributed by atoms with Crippen LogP contribution in [-0.4, -0.2) is 20.2 Å². The average molecular weight is 474 g/mol. The van der Waals surface area contributed by atoms with E-state index in [-0.39, 0.29) is 23.4 Å². The molecule has 4 rings (SSSR count). The van der Waals surface area contributed by atoms with Crippen LogP contribution in [0.25, 0.3) is 10.8 Å². The lowest BCUT2D eigenvalue weighted by Crippen LogP contribution is -2.42. The van der Waals surface area contributed by atoms with E-state index in [9.17, 15) is 18.0 Å². The maximum atomic E-state index is 12.6. The number of hydrogen-bond donors (Lipinski definition) is 3. The van der Waals surface area contributed by atoms with Crippen LogP contribution in [0, 0.1) is 0 Å². The predicted molar refractivity (Wildman–Crippen MR) is 130 cm³/mol. The van der Waals surface area contributed by atoms with Crippen LogP contribution < -0.4 is 15.6 Å². The molecule has 0 spiro atoms. The fourth-order valence-electron chi connectivity index (χ4n) is 3.52. The first kappa shape index (κ1) is 23.2. The average Bonchev–Trinajstić information content (AvgIpc) is 2.87. The summed E-state index contributed by atoms with van der Waals surface area (Å²) in [6.45, 7) is 0.129. The molecular formula is C26H23N3O4S. The van der Waals surface area contributed by atoms with Gasteiger partial charge in [0.15, 0.2) is 0 Å². The second kappa shape index (κ2) is 10.3. The van der Waals surface area contributed by atoms with Crippen molar-refractivity contribution in [3.63, 3.8) is 0 Å². The van der Waals surface area contributed by atoms with Gasteiger partial charge in [-0.15, -0.1) is 0 Å². The number of hydrogen-bond acceptors (Lipinski definition) is 4. The molecule has 172 valence electrons. The van der Waals surface area contributed by atoms with Crippen LogP contribution in [0.4, 0.5) is 0 Å². The molecule has 4 aromatic carbocycles. The van der Waals surface area contributed by atoms with Crippen molar-refractivity contribution in [2.75, 3.05) is 0 Å². The molecule has 0 unspecified atom stereocenters. The van der Waals surface area contributed by atoms with Gasteiger partial charge >= 0.3 is 0 Å².